The van der Waals surface area contributed by atoms with Crippen molar-refractivity contribution < 1.29 is 9.45 Å². The largest absolute Gasteiger partial charge is 0.338 e. The predicted octanol–water partition coefficient (Wildman–Crippen LogP) is 3.30. The molecule has 0 spiro atoms. The summed E-state index contributed by atoms with van der Waals surface area (Å²) in [6, 6.07) is 6.77. The molecule has 124 valence electrons. The topological polar surface area (TPSA) is 85.3 Å². The molecule has 23 heavy (non-hydrogen) atoms. The Hall–Kier alpha value is -2.28. The zero-order valence-electron chi connectivity index (χ0n) is 13.9. The van der Waals surface area contributed by atoms with E-state index in [9.17, 15) is 10.1 Å². The van der Waals surface area contributed by atoms with Crippen molar-refractivity contribution in [1.29, 1.82) is 0 Å². The van der Waals surface area contributed by atoms with Crippen molar-refractivity contribution in [2.75, 3.05) is 6.54 Å². The summed E-state index contributed by atoms with van der Waals surface area (Å²) in [4.78, 5) is 17.2. The van der Waals surface area contributed by atoms with E-state index in [1.807, 2.05) is 32.6 Å². The summed E-state index contributed by atoms with van der Waals surface area (Å²) in [6.07, 6.45) is 0. The van der Waals surface area contributed by atoms with E-state index in [4.69, 9.17) is 4.52 Å². The number of aromatic nitrogens is 2. The predicted molar refractivity (Wildman–Crippen MR) is 85.9 cm³/mol. The van der Waals surface area contributed by atoms with Crippen LogP contribution in [-0.4, -0.2) is 26.5 Å². The van der Waals surface area contributed by atoms with Gasteiger partial charge in [-0.3, -0.25) is 15.0 Å². The van der Waals surface area contributed by atoms with Gasteiger partial charge in [-0.2, -0.15) is 4.98 Å². The number of nitrogens with zero attached hydrogens (tertiary/aromatic N) is 4. The molecule has 7 nitrogen and oxygen atoms in total. The minimum absolute atomic E-state index is 0.131. The lowest BCUT2D eigenvalue weighted by atomic mass is 9.96. The zero-order valence-corrected chi connectivity index (χ0v) is 13.9. The Morgan fingerprint density at radius 1 is 1.26 bits per heavy atom. The number of nitro groups is 1. The van der Waals surface area contributed by atoms with Gasteiger partial charge in [-0.15, -0.1) is 0 Å². The van der Waals surface area contributed by atoms with Crippen LogP contribution in [0.5, 0.6) is 0 Å². The molecule has 1 heterocycles. The van der Waals surface area contributed by atoms with Crippen molar-refractivity contribution in [3.63, 3.8) is 0 Å². The van der Waals surface area contributed by atoms with Gasteiger partial charge < -0.3 is 4.52 Å². The molecule has 2 rings (SSSR count). The van der Waals surface area contributed by atoms with Crippen molar-refractivity contribution in [1.82, 2.24) is 15.0 Å². The summed E-state index contributed by atoms with van der Waals surface area (Å²) < 4.78 is 5.30. The molecule has 0 unspecified atom stereocenters. The smallest absolute Gasteiger partial charge is 0.273 e. The molecule has 1 aromatic heterocycles. The number of benzene rings is 1. The number of rotatable bonds is 6. The molecular formula is C16H22N4O3. The van der Waals surface area contributed by atoms with E-state index in [2.05, 4.69) is 10.1 Å². The fourth-order valence-electron chi connectivity index (χ4n) is 2.16. The lowest BCUT2D eigenvalue weighted by Crippen LogP contribution is -2.23. The highest BCUT2D eigenvalue weighted by Gasteiger charge is 2.22. The minimum Gasteiger partial charge on any atom is -0.338 e. The average Bonchev–Trinajstić information content (AvgIpc) is 2.95. The van der Waals surface area contributed by atoms with Crippen LogP contribution >= 0.6 is 0 Å². The lowest BCUT2D eigenvalue weighted by molar-refractivity contribution is -0.385. The van der Waals surface area contributed by atoms with Gasteiger partial charge in [-0.05, 0) is 6.54 Å². The Morgan fingerprint density at radius 2 is 1.96 bits per heavy atom. The van der Waals surface area contributed by atoms with Gasteiger partial charge >= 0.3 is 0 Å². The second kappa shape index (κ2) is 6.87. The van der Waals surface area contributed by atoms with E-state index in [1.165, 1.54) is 6.07 Å². The molecule has 2 aromatic rings. The van der Waals surface area contributed by atoms with Crippen molar-refractivity contribution in [2.24, 2.45) is 0 Å². The fourth-order valence-corrected chi connectivity index (χ4v) is 2.16. The first-order valence-corrected chi connectivity index (χ1v) is 7.59. The molecule has 0 aliphatic rings. The summed E-state index contributed by atoms with van der Waals surface area (Å²) in [7, 11) is 0. The maximum atomic E-state index is 11.1. The van der Waals surface area contributed by atoms with Crippen LogP contribution in [0.1, 0.15) is 45.0 Å². The SMILES string of the molecule is CCN(Cc1nc(C(C)(C)C)no1)Cc1ccccc1[N+](=O)[O-]. The van der Waals surface area contributed by atoms with Gasteiger partial charge in [0.1, 0.15) is 0 Å². The molecule has 0 N–H and O–H groups in total. The highest BCUT2D eigenvalue weighted by atomic mass is 16.6. The number of hydrogen-bond acceptors (Lipinski definition) is 6. The molecule has 0 bridgehead atoms. The summed E-state index contributed by atoms with van der Waals surface area (Å²) in [5, 5.41) is 15.1. The van der Waals surface area contributed by atoms with Crippen molar-refractivity contribution in [2.45, 2.75) is 46.2 Å². The van der Waals surface area contributed by atoms with Gasteiger partial charge in [0.15, 0.2) is 5.82 Å². The van der Waals surface area contributed by atoms with E-state index in [0.717, 1.165) is 6.54 Å². The molecule has 1 aromatic carbocycles. The number of hydrogen-bond donors (Lipinski definition) is 0. The molecule has 0 amide bonds. The summed E-state index contributed by atoms with van der Waals surface area (Å²) in [6.45, 7) is 9.70. The van der Waals surface area contributed by atoms with Gasteiger partial charge in [-0.25, -0.2) is 0 Å². The number of nitro benzene ring substituents is 1. The molecule has 0 aliphatic heterocycles. The van der Waals surface area contributed by atoms with Crippen LogP contribution in [0, 0.1) is 10.1 Å². The quantitative estimate of drug-likeness (QED) is 0.600. The Kier molecular flexibility index (Phi) is 5.10. The molecule has 0 saturated carbocycles. The summed E-state index contributed by atoms with van der Waals surface area (Å²) >= 11 is 0. The third-order valence-corrected chi connectivity index (χ3v) is 3.53. The van der Waals surface area contributed by atoms with E-state index in [-0.39, 0.29) is 16.0 Å². The highest BCUT2D eigenvalue weighted by molar-refractivity contribution is 5.39. The van der Waals surface area contributed by atoms with Crippen molar-refractivity contribution >= 4 is 5.69 Å². The first-order chi connectivity index (χ1) is 10.8. The lowest BCUT2D eigenvalue weighted by Gasteiger charge is -2.18. The van der Waals surface area contributed by atoms with E-state index < -0.39 is 0 Å². The Bertz CT molecular complexity index is 676. The standard InChI is InChI=1S/C16H22N4O3/c1-5-19(10-12-8-6-7-9-13(12)20(21)22)11-14-17-15(18-23-14)16(2,3)4/h6-9H,5,10-11H2,1-4H3. The van der Waals surface area contributed by atoms with Crippen LogP contribution in [0.15, 0.2) is 28.8 Å². The minimum atomic E-state index is -0.354. The van der Waals surface area contributed by atoms with Crippen LogP contribution in [0.25, 0.3) is 0 Å². The van der Waals surface area contributed by atoms with Crippen LogP contribution in [0.2, 0.25) is 0 Å². The first kappa shape index (κ1) is 17.1. The first-order valence-electron chi connectivity index (χ1n) is 7.59. The Labute approximate surface area is 135 Å². The number of para-hydroxylation sites is 1. The van der Waals surface area contributed by atoms with E-state index in [1.54, 1.807) is 18.2 Å². The van der Waals surface area contributed by atoms with Gasteiger partial charge in [0.25, 0.3) is 5.69 Å². The van der Waals surface area contributed by atoms with Gasteiger partial charge in [-0.1, -0.05) is 51.1 Å². The zero-order chi connectivity index (χ0) is 17.0. The fraction of sp³-hybridized carbons (Fsp3) is 0.500. The molecule has 0 aliphatic carbocycles. The Morgan fingerprint density at radius 3 is 2.52 bits per heavy atom. The second-order valence-electron chi connectivity index (χ2n) is 6.45. The monoisotopic (exact) mass is 318 g/mol. The highest BCUT2D eigenvalue weighted by Crippen LogP contribution is 2.21. The average molecular weight is 318 g/mol. The van der Waals surface area contributed by atoms with Crippen LogP contribution in [0.3, 0.4) is 0 Å². The normalized spacial score (nSPS) is 11.9. The van der Waals surface area contributed by atoms with E-state index in [0.29, 0.717) is 30.4 Å². The van der Waals surface area contributed by atoms with Gasteiger partial charge in [0.05, 0.1) is 11.5 Å². The third kappa shape index (κ3) is 4.35. The third-order valence-electron chi connectivity index (χ3n) is 3.53. The molecular weight excluding hydrogens is 296 g/mol. The summed E-state index contributed by atoms with van der Waals surface area (Å²) in [5.74, 6) is 1.18. The maximum absolute atomic E-state index is 11.1. The van der Waals surface area contributed by atoms with Crippen LogP contribution < -0.4 is 0 Å². The van der Waals surface area contributed by atoms with Gasteiger partial charge in [0, 0.05) is 23.6 Å². The molecule has 0 fully saturated rings. The van der Waals surface area contributed by atoms with Crippen molar-refractivity contribution in [3.05, 3.63) is 51.7 Å². The van der Waals surface area contributed by atoms with Crippen LogP contribution in [-0.2, 0) is 18.5 Å². The maximum Gasteiger partial charge on any atom is 0.273 e. The Balaban J connectivity index is 2.12. The molecule has 0 radical (unpaired) electrons. The molecule has 0 atom stereocenters. The van der Waals surface area contributed by atoms with Crippen LogP contribution in [0.4, 0.5) is 5.69 Å². The summed E-state index contributed by atoms with van der Waals surface area (Å²) in [5.41, 5.74) is 0.638. The van der Waals surface area contributed by atoms with Gasteiger partial charge in [0.2, 0.25) is 5.89 Å². The van der Waals surface area contributed by atoms with E-state index >= 15 is 0 Å². The van der Waals surface area contributed by atoms with Crippen molar-refractivity contribution in [3.8, 4) is 0 Å². The molecule has 7 heteroatoms. The molecule has 0 saturated heterocycles. The second-order valence-corrected chi connectivity index (χ2v) is 6.45.